The second-order valence-electron chi connectivity index (χ2n) is 7.25. The summed E-state index contributed by atoms with van der Waals surface area (Å²) in [6.07, 6.45) is 6.11. The molecule has 0 radical (unpaired) electrons. The highest BCUT2D eigenvalue weighted by atomic mass is 16.2. The van der Waals surface area contributed by atoms with Crippen molar-refractivity contribution in [3.8, 4) is 11.1 Å². The zero-order valence-corrected chi connectivity index (χ0v) is 13.7. The van der Waals surface area contributed by atoms with E-state index in [1.165, 1.54) is 31.5 Å². The van der Waals surface area contributed by atoms with E-state index >= 15 is 0 Å². The molecule has 6 rings (SSSR count). The van der Waals surface area contributed by atoms with E-state index in [1.807, 2.05) is 18.3 Å². The van der Waals surface area contributed by atoms with Gasteiger partial charge in [0.05, 0.1) is 0 Å². The van der Waals surface area contributed by atoms with Gasteiger partial charge >= 0.3 is 0 Å². The molecule has 2 bridgehead atoms. The van der Waals surface area contributed by atoms with Crippen LogP contribution in [-0.2, 0) is 6.54 Å². The first-order valence-corrected chi connectivity index (χ1v) is 8.86. The van der Waals surface area contributed by atoms with Crippen LogP contribution in [0, 0.1) is 5.92 Å². The summed E-state index contributed by atoms with van der Waals surface area (Å²) in [5, 5.41) is 0. The summed E-state index contributed by atoms with van der Waals surface area (Å²) in [4.78, 5) is 21.9. The number of nitrogens with zero attached hydrogens (tertiary/aromatic N) is 3. The maximum absolute atomic E-state index is 13.0. The molecule has 1 aromatic carbocycles. The third-order valence-corrected chi connectivity index (χ3v) is 5.96. The van der Waals surface area contributed by atoms with Gasteiger partial charge in [0, 0.05) is 42.7 Å². The van der Waals surface area contributed by atoms with Gasteiger partial charge in [-0.25, -0.2) is 0 Å². The van der Waals surface area contributed by atoms with Crippen molar-refractivity contribution in [3.63, 3.8) is 0 Å². The quantitative estimate of drug-likeness (QED) is 0.854. The second kappa shape index (κ2) is 5.42. The van der Waals surface area contributed by atoms with Gasteiger partial charge in [-0.05, 0) is 55.1 Å². The summed E-state index contributed by atoms with van der Waals surface area (Å²) >= 11 is 0. The predicted octanol–water partition coefficient (Wildman–Crippen LogP) is 2.80. The number of rotatable bonds is 2. The molecule has 4 aliphatic rings. The highest BCUT2D eigenvalue weighted by molar-refractivity contribution is 5.99. The number of carbonyl (C=O) groups is 1. The Balaban J connectivity index is 1.45. The Morgan fingerprint density at radius 1 is 1.08 bits per heavy atom. The lowest BCUT2D eigenvalue weighted by Crippen LogP contribution is -2.57. The maximum Gasteiger partial charge on any atom is 0.254 e. The Labute approximate surface area is 142 Å². The first-order chi connectivity index (χ1) is 11.8. The monoisotopic (exact) mass is 319 g/mol. The van der Waals surface area contributed by atoms with E-state index in [-0.39, 0.29) is 5.91 Å². The number of piperidine rings is 3. The van der Waals surface area contributed by atoms with Crippen molar-refractivity contribution in [1.82, 2.24) is 14.8 Å². The average Bonchev–Trinajstić information content (AvgIpc) is 2.99. The molecule has 0 spiro atoms. The van der Waals surface area contributed by atoms with Crippen LogP contribution >= 0.6 is 0 Å². The highest BCUT2D eigenvalue weighted by Crippen LogP contribution is 2.36. The molecule has 1 atom stereocenters. The van der Waals surface area contributed by atoms with Crippen molar-refractivity contribution in [2.45, 2.75) is 25.4 Å². The predicted molar refractivity (Wildman–Crippen MR) is 92.5 cm³/mol. The molecule has 1 unspecified atom stereocenters. The van der Waals surface area contributed by atoms with Crippen molar-refractivity contribution in [3.05, 3.63) is 53.9 Å². The Bertz CT molecular complexity index is 781. The Morgan fingerprint density at radius 3 is 2.67 bits per heavy atom. The van der Waals surface area contributed by atoms with Gasteiger partial charge < -0.3 is 9.80 Å². The van der Waals surface area contributed by atoms with Crippen LogP contribution in [-0.4, -0.2) is 46.4 Å². The summed E-state index contributed by atoms with van der Waals surface area (Å²) in [6.45, 7) is 4.25. The second-order valence-corrected chi connectivity index (χ2v) is 7.25. The molecule has 24 heavy (non-hydrogen) atoms. The van der Waals surface area contributed by atoms with Gasteiger partial charge in [0.2, 0.25) is 0 Å². The van der Waals surface area contributed by atoms with E-state index in [0.717, 1.165) is 29.8 Å². The standard InChI is InChI=1S/C20H21N3O/c24-20-18-10-15(16-2-1-7-21-11-16)3-4-17(18)12-23(20)19-13-22-8-5-14(19)6-9-22/h1-4,7,10-11,14,19H,5-6,8-9,12-13H2. The molecule has 0 saturated carbocycles. The number of hydrogen-bond donors (Lipinski definition) is 0. The number of benzene rings is 1. The van der Waals surface area contributed by atoms with Crippen LogP contribution in [0.15, 0.2) is 42.7 Å². The van der Waals surface area contributed by atoms with Crippen LogP contribution in [0.3, 0.4) is 0 Å². The Kier molecular flexibility index (Phi) is 3.20. The summed E-state index contributed by atoms with van der Waals surface area (Å²) < 4.78 is 0. The lowest BCUT2D eigenvalue weighted by atomic mass is 9.83. The van der Waals surface area contributed by atoms with E-state index in [1.54, 1.807) is 6.20 Å². The Hall–Kier alpha value is -2.20. The number of hydrogen-bond acceptors (Lipinski definition) is 3. The molecule has 2 aromatic rings. The molecular weight excluding hydrogens is 298 g/mol. The molecule has 4 heteroatoms. The number of amides is 1. The molecule has 4 aliphatic heterocycles. The molecule has 1 aromatic heterocycles. The van der Waals surface area contributed by atoms with Crippen LogP contribution in [0.5, 0.6) is 0 Å². The van der Waals surface area contributed by atoms with Crippen molar-refractivity contribution < 1.29 is 4.79 Å². The first-order valence-electron chi connectivity index (χ1n) is 8.86. The van der Waals surface area contributed by atoms with Gasteiger partial charge in [-0.1, -0.05) is 18.2 Å². The molecule has 4 nitrogen and oxygen atoms in total. The fraction of sp³-hybridized carbons (Fsp3) is 0.400. The third-order valence-electron chi connectivity index (χ3n) is 5.96. The zero-order valence-electron chi connectivity index (χ0n) is 13.7. The maximum atomic E-state index is 13.0. The van der Waals surface area contributed by atoms with E-state index in [0.29, 0.717) is 12.0 Å². The van der Waals surface area contributed by atoms with Gasteiger partial charge in [-0.3, -0.25) is 9.78 Å². The number of carbonyl (C=O) groups excluding carboxylic acids is 1. The fourth-order valence-corrected chi connectivity index (χ4v) is 4.59. The molecule has 0 N–H and O–H groups in total. The van der Waals surface area contributed by atoms with E-state index < -0.39 is 0 Å². The van der Waals surface area contributed by atoms with Crippen molar-refractivity contribution in [1.29, 1.82) is 0 Å². The smallest absolute Gasteiger partial charge is 0.254 e. The lowest BCUT2D eigenvalue weighted by molar-refractivity contribution is 0.00846. The summed E-state index contributed by atoms with van der Waals surface area (Å²) in [5.74, 6) is 0.903. The molecule has 5 heterocycles. The SMILES string of the molecule is O=C1c2cc(-c3cccnc3)ccc2CN1C1CN2CCC1CC2. The molecule has 3 saturated heterocycles. The van der Waals surface area contributed by atoms with Gasteiger partial charge in [-0.15, -0.1) is 0 Å². The van der Waals surface area contributed by atoms with Gasteiger partial charge in [0.15, 0.2) is 0 Å². The van der Waals surface area contributed by atoms with Gasteiger partial charge in [0.25, 0.3) is 5.91 Å². The van der Waals surface area contributed by atoms with E-state index in [2.05, 4.69) is 33.0 Å². The zero-order chi connectivity index (χ0) is 16.1. The van der Waals surface area contributed by atoms with Crippen LogP contribution < -0.4 is 0 Å². The van der Waals surface area contributed by atoms with E-state index in [4.69, 9.17) is 0 Å². The first kappa shape index (κ1) is 14.2. The van der Waals surface area contributed by atoms with Crippen LogP contribution in [0.25, 0.3) is 11.1 Å². The molecule has 3 fully saturated rings. The molecule has 0 aliphatic carbocycles. The molecule has 122 valence electrons. The Morgan fingerprint density at radius 2 is 1.96 bits per heavy atom. The van der Waals surface area contributed by atoms with Gasteiger partial charge in [-0.2, -0.15) is 0 Å². The number of aromatic nitrogens is 1. The largest absolute Gasteiger partial charge is 0.330 e. The van der Waals surface area contributed by atoms with Crippen molar-refractivity contribution in [2.75, 3.05) is 19.6 Å². The molecular formula is C20H21N3O. The average molecular weight is 319 g/mol. The molecule has 1 amide bonds. The third kappa shape index (κ3) is 2.17. The summed E-state index contributed by atoms with van der Waals surface area (Å²) in [6, 6.07) is 10.7. The minimum Gasteiger partial charge on any atom is -0.330 e. The van der Waals surface area contributed by atoms with Crippen molar-refractivity contribution in [2.24, 2.45) is 5.92 Å². The minimum absolute atomic E-state index is 0.217. The lowest BCUT2D eigenvalue weighted by Gasteiger charge is -2.48. The summed E-state index contributed by atoms with van der Waals surface area (Å²) in [7, 11) is 0. The minimum atomic E-state index is 0.217. The van der Waals surface area contributed by atoms with E-state index in [9.17, 15) is 4.79 Å². The van der Waals surface area contributed by atoms with Gasteiger partial charge in [0.1, 0.15) is 0 Å². The number of fused-ring (bicyclic) bond motifs is 4. The van der Waals surface area contributed by atoms with Crippen LogP contribution in [0.4, 0.5) is 0 Å². The number of pyridine rings is 1. The fourth-order valence-electron chi connectivity index (χ4n) is 4.59. The normalized spacial score (nSPS) is 28.2. The highest BCUT2D eigenvalue weighted by Gasteiger charge is 2.42. The van der Waals surface area contributed by atoms with Crippen LogP contribution in [0.2, 0.25) is 0 Å². The summed E-state index contributed by atoms with van der Waals surface area (Å²) in [5.41, 5.74) is 4.19. The topological polar surface area (TPSA) is 36.4 Å². The van der Waals surface area contributed by atoms with Crippen molar-refractivity contribution >= 4 is 5.91 Å². The van der Waals surface area contributed by atoms with Crippen LogP contribution in [0.1, 0.15) is 28.8 Å².